The first-order valence-electron chi connectivity index (χ1n) is 19.6. The van der Waals surface area contributed by atoms with E-state index in [1.54, 1.807) is 54.6 Å². The molecule has 0 radical (unpaired) electrons. The number of rotatable bonds is 10. The minimum absolute atomic E-state index is 0.0796. The van der Waals surface area contributed by atoms with Crippen molar-refractivity contribution in [1.82, 2.24) is 0 Å². The van der Waals surface area contributed by atoms with Crippen LogP contribution in [0, 0.1) is 10.4 Å². The molecule has 17 heteroatoms. The van der Waals surface area contributed by atoms with E-state index in [4.69, 9.17) is 32.7 Å². The smallest absolute Gasteiger partial charge is 0.261 e. The fraction of sp³-hybridized carbons (Fsp3) is 0.239. The quantitative estimate of drug-likeness (QED) is 0.0772. The zero-order chi connectivity index (χ0) is 46.0. The average molecular weight is 934 g/mol. The predicted octanol–water partition coefficient (Wildman–Crippen LogP) is 8.62. The van der Waals surface area contributed by atoms with Crippen molar-refractivity contribution in [2.24, 2.45) is 0 Å². The zero-order valence-corrected chi connectivity index (χ0v) is 38.4. The highest BCUT2D eigenvalue weighted by Gasteiger charge is 2.43. The Bertz CT molecular complexity index is 2820. The maximum Gasteiger partial charge on any atom is 0.261 e. The van der Waals surface area contributed by atoms with Gasteiger partial charge in [0.05, 0.1) is 34.4 Å². The first-order chi connectivity index (χ1) is 29.5. The lowest BCUT2D eigenvalue weighted by molar-refractivity contribution is -0.605. The van der Waals surface area contributed by atoms with Crippen molar-refractivity contribution < 1.29 is 40.6 Å². The number of benzene rings is 4. The third-order valence-corrected chi connectivity index (χ3v) is 13.3. The van der Waals surface area contributed by atoms with E-state index in [2.05, 4.69) is 30.2 Å². The molecule has 1 saturated heterocycles. The van der Waals surface area contributed by atoms with E-state index in [9.17, 15) is 32.0 Å². The van der Waals surface area contributed by atoms with Gasteiger partial charge in [0.1, 0.15) is 0 Å². The number of anilines is 2. The maximum atomic E-state index is 13.2. The molecule has 0 unspecified atom stereocenters. The van der Waals surface area contributed by atoms with E-state index in [0.29, 0.717) is 38.8 Å². The molecule has 0 spiro atoms. The summed E-state index contributed by atoms with van der Waals surface area (Å²) in [5.74, 6) is -1.87. The molecular formula is C46H46Cl2N4O9S2. The molecule has 0 saturated carbocycles. The molecule has 6 aromatic rings. The van der Waals surface area contributed by atoms with E-state index in [-0.39, 0.29) is 48.1 Å². The number of ether oxygens (including phenoxy) is 2. The van der Waals surface area contributed by atoms with Crippen LogP contribution in [0.4, 0.5) is 11.4 Å². The van der Waals surface area contributed by atoms with Crippen LogP contribution >= 0.6 is 23.2 Å². The Hall–Kier alpha value is -5.55. The van der Waals surface area contributed by atoms with Gasteiger partial charge in [0.2, 0.25) is 5.79 Å². The van der Waals surface area contributed by atoms with Crippen molar-refractivity contribution in [2.45, 2.75) is 68.0 Å². The second-order valence-corrected chi connectivity index (χ2v) is 20.9. The highest BCUT2D eigenvalue weighted by molar-refractivity contribution is 7.93. The Labute approximate surface area is 377 Å². The third-order valence-electron chi connectivity index (χ3n) is 10.1. The number of nitrogens with one attached hydrogen (secondary N) is 2. The molecule has 0 atom stereocenters. The van der Waals surface area contributed by atoms with Crippen LogP contribution < -0.4 is 18.9 Å². The molecule has 2 N–H and O–H groups in total. The van der Waals surface area contributed by atoms with Gasteiger partial charge in [0.25, 0.3) is 20.0 Å². The first kappa shape index (κ1) is 46.9. The molecule has 0 amide bonds. The average Bonchev–Trinajstić information content (AvgIpc) is 3.73. The first-order valence-corrected chi connectivity index (χ1v) is 23.3. The standard InChI is InChI=1S/C24H25ClN2O5S.C22H21ClN2O4S/c1-23(2,3)17-4-7-20(8-5-17)33(29,30)26-22-9-6-19(25)16-21(22)24(31-14-15-32-24)18-10-12-27(28)13-11-18;1-22(2,3)16-4-7-18(8-5-16)30(28,29)24-20-9-6-17(23)14-19(20)21(26)15-10-12-25(27)13-11-15/h4-13,16,26H,14-15H2,1-3H3;4-14,24H,1-3H3. The molecule has 0 bridgehead atoms. The summed E-state index contributed by atoms with van der Waals surface area (Å²) in [5, 5.41) is 23.4. The van der Waals surface area contributed by atoms with Crippen LogP contribution in [0.2, 0.25) is 10.0 Å². The Balaban J connectivity index is 0.000000211. The summed E-state index contributed by atoms with van der Waals surface area (Å²) in [4.78, 5) is 13.1. The van der Waals surface area contributed by atoms with Crippen LogP contribution in [-0.2, 0) is 46.1 Å². The lowest BCUT2D eigenvalue weighted by Crippen LogP contribution is -2.33. The van der Waals surface area contributed by atoms with Crippen LogP contribution in [0.3, 0.4) is 0 Å². The molecular weight excluding hydrogens is 888 g/mol. The van der Waals surface area contributed by atoms with E-state index < -0.39 is 31.6 Å². The summed E-state index contributed by atoms with van der Waals surface area (Å²) in [5.41, 5.74) is 3.45. The Kier molecular flexibility index (Phi) is 13.6. The summed E-state index contributed by atoms with van der Waals surface area (Å²) in [6, 6.07) is 28.3. The van der Waals surface area contributed by atoms with Crippen molar-refractivity contribution in [2.75, 3.05) is 22.7 Å². The Morgan fingerprint density at radius 2 is 1.02 bits per heavy atom. The number of ketones is 1. The summed E-state index contributed by atoms with van der Waals surface area (Å²) in [6.07, 6.45) is 5.04. The van der Waals surface area contributed by atoms with Crippen LogP contribution in [0.1, 0.15) is 79.7 Å². The number of hydrogen-bond donors (Lipinski definition) is 2. The van der Waals surface area contributed by atoms with Crippen LogP contribution in [0.15, 0.2) is 144 Å². The molecule has 0 aliphatic carbocycles. The minimum atomic E-state index is -3.93. The fourth-order valence-electron chi connectivity index (χ4n) is 6.59. The summed E-state index contributed by atoms with van der Waals surface area (Å²) < 4.78 is 70.6. The molecule has 7 rings (SSSR count). The van der Waals surface area contributed by atoms with Crippen LogP contribution in [-0.4, -0.2) is 35.8 Å². The van der Waals surface area contributed by atoms with Crippen molar-refractivity contribution >= 4 is 60.4 Å². The highest BCUT2D eigenvalue weighted by atomic mass is 35.5. The third kappa shape index (κ3) is 11.0. The van der Waals surface area contributed by atoms with Crippen molar-refractivity contribution in [1.29, 1.82) is 0 Å². The topological polar surface area (TPSA) is 182 Å². The lowest BCUT2D eigenvalue weighted by atomic mass is 9.87. The molecule has 1 aliphatic heterocycles. The molecule has 13 nitrogen and oxygen atoms in total. The molecule has 4 aromatic carbocycles. The lowest BCUT2D eigenvalue weighted by Gasteiger charge is -2.30. The van der Waals surface area contributed by atoms with E-state index in [1.165, 1.54) is 67.3 Å². The fourth-order valence-corrected chi connectivity index (χ4v) is 9.09. The number of sulfonamides is 2. The molecule has 2 aromatic heterocycles. The Morgan fingerprint density at radius 1 is 0.603 bits per heavy atom. The zero-order valence-electron chi connectivity index (χ0n) is 35.3. The van der Waals surface area contributed by atoms with Crippen LogP contribution in [0.5, 0.6) is 0 Å². The van der Waals surface area contributed by atoms with Gasteiger partial charge in [-0.15, -0.1) is 0 Å². The van der Waals surface area contributed by atoms with E-state index in [1.807, 2.05) is 32.9 Å². The van der Waals surface area contributed by atoms with Crippen molar-refractivity contribution in [3.05, 3.63) is 188 Å². The number of carbonyl (C=O) groups is 1. The summed E-state index contributed by atoms with van der Waals surface area (Å²) in [7, 11) is -7.85. The number of carbonyl (C=O) groups excluding carboxylic acids is 1. The number of halogens is 2. The van der Waals surface area contributed by atoms with Gasteiger partial charge < -0.3 is 19.9 Å². The molecule has 3 heterocycles. The van der Waals surface area contributed by atoms with Crippen molar-refractivity contribution in [3.63, 3.8) is 0 Å². The van der Waals surface area contributed by atoms with Gasteiger partial charge in [-0.25, -0.2) is 16.8 Å². The van der Waals surface area contributed by atoms with Gasteiger partial charge in [0.15, 0.2) is 30.6 Å². The normalized spacial score (nSPS) is 14.0. The van der Waals surface area contributed by atoms with Gasteiger partial charge in [-0.05, 0) is 82.6 Å². The number of nitrogens with zero attached hydrogens (tertiary/aromatic N) is 2. The van der Waals surface area contributed by atoms with E-state index >= 15 is 0 Å². The largest absolute Gasteiger partial charge is 0.619 e. The second-order valence-electron chi connectivity index (χ2n) is 16.7. The monoisotopic (exact) mass is 932 g/mol. The summed E-state index contributed by atoms with van der Waals surface area (Å²) in [6.45, 7) is 12.9. The number of aromatic nitrogens is 2. The molecule has 1 fully saturated rings. The number of hydrogen-bond acceptors (Lipinski definition) is 9. The number of pyridine rings is 2. The van der Waals surface area contributed by atoms with Gasteiger partial charge in [-0.3, -0.25) is 14.2 Å². The minimum Gasteiger partial charge on any atom is -0.619 e. The predicted molar refractivity (Wildman–Crippen MR) is 242 cm³/mol. The van der Waals surface area contributed by atoms with Gasteiger partial charge in [0, 0.05) is 56.6 Å². The Morgan fingerprint density at radius 3 is 1.48 bits per heavy atom. The van der Waals surface area contributed by atoms with Gasteiger partial charge >= 0.3 is 0 Å². The second kappa shape index (κ2) is 18.3. The maximum absolute atomic E-state index is 13.2. The molecule has 63 heavy (non-hydrogen) atoms. The van der Waals surface area contributed by atoms with Gasteiger partial charge in [-0.1, -0.05) is 89.0 Å². The van der Waals surface area contributed by atoms with Crippen molar-refractivity contribution in [3.8, 4) is 0 Å². The SMILES string of the molecule is CC(C)(C)c1ccc(S(=O)(=O)Nc2ccc(Cl)cc2C(=O)c2cc[n+]([O-])cc2)cc1.CC(C)(C)c1ccc(S(=O)(=O)Nc2ccc(Cl)cc2C2(c3cc[n+]([O-])cc3)OCCO2)cc1. The van der Waals surface area contributed by atoms with E-state index in [0.717, 1.165) is 11.1 Å². The van der Waals surface area contributed by atoms with Gasteiger partial charge in [-0.2, -0.15) is 9.46 Å². The van der Waals surface area contributed by atoms with Crippen LogP contribution in [0.25, 0.3) is 0 Å². The molecule has 1 aliphatic rings. The highest BCUT2D eigenvalue weighted by Crippen LogP contribution is 2.43. The molecule has 330 valence electrons. The summed E-state index contributed by atoms with van der Waals surface area (Å²) >= 11 is 12.3.